The summed E-state index contributed by atoms with van der Waals surface area (Å²) in [4.78, 5) is 25.4. The van der Waals surface area contributed by atoms with Gasteiger partial charge in [-0.2, -0.15) is 18.8 Å². The number of sulfone groups is 1. The van der Waals surface area contributed by atoms with Gasteiger partial charge in [0.05, 0.1) is 11.5 Å². The lowest BCUT2D eigenvalue weighted by Gasteiger charge is -2.20. The summed E-state index contributed by atoms with van der Waals surface area (Å²) >= 11 is 0. The molecule has 32 heavy (non-hydrogen) atoms. The van der Waals surface area contributed by atoms with E-state index < -0.39 is 45.8 Å². The summed E-state index contributed by atoms with van der Waals surface area (Å²) in [5.41, 5.74) is -0.220. The quantitative estimate of drug-likeness (QED) is 0.245. The van der Waals surface area contributed by atoms with Gasteiger partial charge in [0.2, 0.25) is 0 Å². The van der Waals surface area contributed by atoms with Crippen LogP contribution in [-0.2, 0) is 20.4 Å². The van der Waals surface area contributed by atoms with Crippen molar-refractivity contribution < 1.29 is 36.3 Å². The lowest BCUT2D eigenvalue weighted by atomic mass is 10.2. The van der Waals surface area contributed by atoms with Crippen LogP contribution >= 0.6 is 0 Å². The predicted molar refractivity (Wildman–Crippen MR) is 106 cm³/mol. The smallest absolute Gasteiger partial charge is 0.387 e. The van der Waals surface area contributed by atoms with Gasteiger partial charge >= 0.3 is 6.61 Å². The molecule has 1 N–H and O–H groups in total. The molecule has 1 aromatic carbocycles. The third-order valence-corrected chi connectivity index (χ3v) is 5.70. The lowest BCUT2D eigenvalue weighted by Crippen LogP contribution is -2.50. The Hall–Kier alpha value is -3.79. The van der Waals surface area contributed by atoms with Crippen molar-refractivity contribution in [1.29, 1.82) is 5.26 Å². The molecule has 2 aromatic rings. The number of carbonyl (C=O) groups is 2. The number of para-hydroxylation sites is 1. The van der Waals surface area contributed by atoms with Gasteiger partial charge in [0, 0.05) is 18.7 Å². The first-order valence-corrected chi connectivity index (χ1v) is 10.7. The van der Waals surface area contributed by atoms with Crippen LogP contribution < -0.4 is 14.8 Å². The van der Waals surface area contributed by atoms with Crippen LogP contribution in [-0.4, -0.2) is 50.6 Å². The molecule has 10 nitrogen and oxygen atoms in total. The Bertz CT molecular complexity index is 1140. The van der Waals surface area contributed by atoms with Crippen LogP contribution in [0.15, 0.2) is 48.8 Å². The SMILES string of the molecule is CN(C#N)C(=O)[C@H](CS(=O)(=O)Cc1ccccc1OC(F)F)NC(=O)c1ccc[n+]([O-])c1. The number of benzene rings is 1. The average Bonchev–Trinajstić information content (AvgIpc) is 2.72. The number of nitrogens with zero attached hydrogens (tertiary/aromatic N) is 3. The number of rotatable bonds is 9. The Kier molecular flexibility index (Phi) is 8.03. The van der Waals surface area contributed by atoms with Crippen LogP contribution in [0.4, 0.5) is 8.78 Å². The number of carbonyl (C=O) groups excluding carboxylic acids is 2. The molecule has 0 bridgehead atoms. The number of hydrogen-bond acceptors (Lipinski definition) is 7. The molecule has 1 atom stereocenters. The molecule has 0 unspecified atom stereocenters. The first kappa shape index (κ1) is 24.5. The highest BCUT2D eigenvalue weighted by Crippen LogP contribution is 2.23. The van der Waals surface area contributed by atoms with Crippen molar-refractivity contribution in [2.75, 3.05) is 12.8 Å². The predicted octanol–water partition coefficient (Wildman–Crippen LogP) is 0.574. The van der Waals surface area contributed by atoms with Crippen LogP contribution in [0.1, 0.15) is 15.9 Å². The van der Waals surface area contributed by atoms with Gasteiger partial charge in [-0.1, -0.05) is 18.2 Å². The monoisotopic (exact) mass is 468 g/mol. The topological polar surface area (TPSA) is 144 Å². The molecular weight excluding hydrogens is 450 g/mol. The van der Waals surface area contributed by atoms with Crippen molar-refractivity contribution in [1.82, 2.24) is 10.2 Å². The Balaban J connectivity index is 2.28. The standard InChI is InChI=1S/C19H18F2N4O6S/c1-24(12-22)18(27)15(23-17(26)13-6-4-8-25(28)9-13)11-32(29,30)10-14-5-2-3-7-16(14)31-19(20)21/h2-9,15,19H,10-11H2,1H3,(H,23,26)/t15-/m0/s1. The Morgan fingerprint density at radius 1 is 1.28 bits per heavy atom. The zero-order valence-electron chi connectivity index (χ0n) is 16.6. The average molecular weight is 468 g/mol. The fourth-order valence-corrected chi connectivity index (χ4v) is 4.24. The van der Waals surface area contributed by atoms with Gasteiger partial charge < -0.3 is 15.3 Å². The van der Waals surface area contributed by atoms with Crippen molar-refractivity contribution in [2.24, 2.45) is 0 Å². The molecule has 0 aliphatic rings. The second-order valence-electron chi connectivity index (χ2n) is 6.52. The molecule has 13 heteroatoms. The van der Waals surface area contributed by atoms with E-state index in [1.165, 1.54) is 42.6 Å². The van der Waals surface area contributed by atoms with Gasteiger partial charge in [0.1, 0.15) is 17.4 Å². The van der Waals surface area contributed by atoms with E-state index in [2.05, 4.69) is 10.1 Å². The number of nitriles is 1. The van der Waals surface area contributed by atoms with Crippen LogP contribution in [0.5, 0.6) is 5.75 Å². The zero-order chi connectivity index (χ0) is 23.9. The van der Waals surface area contributed by atoms with E-state index >= 15 is 0 Å². The van der Waals surface area contributed by atoms with E-state index in [1.54, 1.807) is 0 Å². The molecule has 0 saturated heterocycles. The largest absolute Gasteiger partial charge is 0.619 e. The number of likely N-dealkylation sites (N-methyl/N-ethyl adjacent to an activating group) is 1. The Labute approximate surface area is 182 Å². The van der Waals surface area contributed by atoms with E-state index in [9.17, 15) is 32.0 Å². The third kappa shape index (κ3) is 6.88. The second kappa shape index (κ2) is 10.5. The summed E-state index contributed by atoms with van der Waals surface area (Å²) in [6, 6.07) is 6.10. The highest BCUT2D eigenvalue weighted by molar-refractivity contribution is 7.90. The summed E-state index contributed by atoms with van der Waals surface area (Å²) in [6.45, 7) is -3.17. The van der Waals surface area contributed by atoms with Crippen LogP contribution in [0.25, 0.3) is 0 Å². The molecule has 1 heterocycles. The highest BCUT2D eigenvalue weighted by Gasteiger charge is 2.31. The number of alkyl halides is 2. The molecule has 2 amide bonds. The number of nitrogens with one attached hydrogen (secondary N) is 1. The second-order valence-corrected chi connectivity index (χ2v) is 8.63. The molecule has 0 radical (unpaired) electrons. The molecule has 170 valence electrons. The maximum absolute atomic E-state index is 12.7. The minimum absolute atomic E-state index is 0.0746. The van der Waals surface area contributed by atoms with Gasteiger partial charge in [-0.05, 0) is 12.1 Å². The zero-order valence-corrected chi connectivity index (χ0v) is 17.5. The molecular formula is C19H18F2N4O6S. The van der Waals surface area contributed by atoms with Crippen LogP contribution in [0.3, 0.4) is 0 Å². The van der Waals surface area contributed by atoms with E-state index in [-0.39, 0.29) is 16.9 Å². The van der Waals surface area contributed by atoms with E-state index in [4.69, 9.17) is 5.26 Å². The highest BCUT2D eigenvalue weighted by atomic mass is 32.2. The van der Waals surface area contributed by atoms with Crippen molar-refractivity contribution >= 4 is 21.7 Å². The number of aromatic nitrogens is 1. The first-order chi connectivity index (χ1) is 15.0. The van der Waals surface area contributed by atoms with Crippen molar-refractivity contribution in [3.05, 3.63) is 65.1 Å². The summed E-state index contributed by atoms with van der Waals surface area (Å²) in [5.74, 6) is -3.99. The number of hydrogen-bond donors (Lipinski definition) is 1. The maximum Gasteiger partial charge on any atom is 0.387 e. The van der Waals surface area contributed by atoms with Gasteiger partial charge in [-0.25, -0.2) is 8.42 Å². The summed E-state index contributed by atoms with van der Waals surface area (Å²) < 4.78 is 55.3. The van der Waals surface area contributed by atoms with Gasteiger partial charge in [-0.3, -0.25) is 14.5 Å². The van der Waals surface area contributed by atoms with Crippen LogP contribution in [0.2, 0.25) is 0 Å². The third-order valence-electron chi connectivity index (χ3n) is 4.11. The molecule has 0 saturated carbocycles. The van der Waals surface area contributed by atoms with E-state index in [0.29, 0.717) is 9.63 Å². The van der Waals surface area contributed by atoms with E-state index in [1.807, 2.05) is 0 Å². The number of ether oxygens (including phenoxy) is 1. The van der Waals surface area contributed by atoms with Gasteiger partial charge in [0.15, 0.2) is 28.4 Å². The fraction of sp³-hybridized carbons (Fsp3) is 0.263. The molecule has 0 aliphatic heterocycles. The molecule has 1 aromatic heterocycles. The normalized spacial score (nSPS) is 12.0. The Morgan fingerprint density at radius 3 is 2.59 bits per heavy atom. The van der Waals surface area contributed by atoms with Crippen molar-refractivity contribution in [2.45, 2.75) is 18.4 Å². The summed E-state index contributed by atoms with van der Waals surface area (Å²) in [5, 5.41) is 22.5. The van der Waals surface area contributed by atoms with Crippen molar-refractivity contribution in [3.63, 3.8) is 0 Å². The summed E-state index contributed by atoms with van der Waals surface area (Å²) in [7, 11) is -3.10. The molecule has 0 fully saturated rings. The van der Waals surface area contributed by atoms with Crippen LogP contribution in [0, 0.1) is 16.7 Å². The van der Waals surface area contributed by atoms with Crippen molar-refractivity contribution in [3.8, 4) is 11.9 Å². The lowest BCUT2D eigenvalue weighted by molar-refractivity contribution is -0.605. The number of pyridine rings is 1. The van der Waals surface area contributed by atoms with E-state index in [0.717, 1.165) is 19.4 Å². The molecule has 2 rings (SSSR count). The number of amides is 2. The summed E-state index contributed by atoms with van der Waals surface area (Å²) in [6.07, 6.45) is 3.54. The molecule has 0 spiro atoms. The Morgan fingerprint density at radius 2 is 1.97 bits per heavy atom. The minimum Gasteiger partial charge on any atom is -0.619 e. The number of halogens is 2. The molecule has 0 aliphatic carbocycles. The minimum atomic E-state index is -4.18. The maximum atomic E-state index is 12.7. The first-order valence-electron chi connectivity index (χ1n) is 8.92. The van der Waals surface area contributed by atoms with Gasteiger partial charge in [0.25, 0.3) is 11.8 Å². The van der Waals surface area contributed by atoms with Gasteiger partial charge in [-0.15, -0.1) is 0 Å². The fourth-order valence-electron chi connectivity index (χ4n) is 2.67.